The summed E-state index contributed by atoms with van der Waals surface area (Å²) in [6, 6.07) is 6.71. The number of unbranched alkanes of at least 4 members (excludes halogenated alkanes) is 3. The van der Waals surface area contributed by atoms with E-state index in [0.717, 1.165) is 38.8 Å². The second kappa shape index (κ2) is 11.4. The SMILES string of the molecule is Br.Br.[O-]c1ccc[n+](CCCCCC[n+]2cccc([O-])c2)c1. The molecule has 0 saturated heterocycles. The zero-order chi connectivity index (χ0) is 14.2. The Balaban J connectivity index is 0.00000220. The summed E-state index contributed by atoms with van der Waals surface area (Å²) in [6.45, 7) is 1.78. The van der Waals surface area contributed by atoms with E-state index in [2.05, 4.69) is 0 Å². The molecule has 0 spiro atoms. The van der Waals surface area contributed by atoms with Gasteiger partial charge in [0.05, 0.1) is 0 Å². The van der Waals surface area contributed by atoms with Crippen LogP contribution in [-0.2, 0) is 13.1 Å². The fourth-order valence-corrected chi connectivity index (χ4v) is 2.22. The molecule has 0 bridgehead atoms. The summed E-state index contributed by atoms with van der Waals surface area (Å²) >= 11 is 0. The number of hydrogen-bond donors (Lipinski definition) is 0. The fourth-order valence-electron chi connectivity index (χ4n) is 2.22. The van der Waals surface area contributed by atoms with Crippen LogP contribution in [0, 0.1) is 0 Å². The monoisotopic (exact) mass is 432 g/mol. The normalized spacial score (nSPS) is 9.64. The van der Waals surface area contributed by atoms with Crippen LogP contribution in [0.1, 0.15) is 25.7 Å². The van der Waals surface area contributed by atoms with Crippen LogP contribution in [0.4, 0.5) is 0 Å². The van der Waals surface area contributed by atoms with Crippen LogP contribution in [0.3, 0.4) is 0 Å². The van der Waals surface area contributed by atoms with Gasteiger partial charge in [0.2, 0.25) is 0 Å². The minimum Gasteiger partial charge on any atom is -0.868 e. The van der Waals surface area contributed by atoms with Crippen molar-refractivity contribution in [3.05, 3.63) is 49.1 Å². The number of halogens is 2. The van der Waals surface area contributed by atoms with Gasteiger partial charge in [-0.05, 0) is 24.3 Å². The van der Waals surface area contributed by atoms with Gasteiger partial charge in [0.1, 0.15) is 13.1 Å². The Kier molecular flexibility index (Phi) is 10.8. The lowest BCUT2D eigenvalue weighted by atomic mass is 10.2. The molecule has 2 heterocycles. The van der Waals surface area contributed by atoms with Gasteiger partial charge in [-0.3, -0.25) is 0 Å². The van der Waals surface area contributed by atoms with Gasteiger partial charge in [0, 0.05) is 25.0 Å². The topological polar surface area (TPSA) is 53.9 Å². The lowest BCUT2D eigenvalue weighted by Crippen LogP contribution is -2.33. The maximum absolute atomic E-state index is 11.2. The first-order valence-electron chi connectivity index (χ1n) is 7.06. The largest absolute Gasteiger partial charge is 0.868 e. The van der Waals surface area contributed by atoms with Gasteiger partial charge in [-0.1, -0.05) is 12.1 Å². The van der Waals surface area contributed by atoms with Crippen molar-refractivity contribution >= 4 is 34.0 Å². The Labute approximate surface area is 152 Å². The van der Waals surface area contributed by atoms with Gasteiger partial charge < -0.3 is 10.2 Å². The zero-order valence-corrected chi connectivity index (χ0v) is 15.8. The molecule has 2 rings (SSSR count). The Morgan fingerprint density at radius 3 is 1.45 bits per heavy atom. The molecule has 0 aliphatic heterocycles. The quantitative estimate of drug-likeness (QED) is 0.494. The molecule has 0 aliphatic rings. The summed E-state index contributed by atoms with van der Waals surface area (Å²) in [4.78, 5) is 0. The summed E-state index contributed by atoms with van der Waals surface area (Å²) in [5, 5.41) is 22.3. The van der Waals surface area contributed by atoms with Crippen LogP contribution in [-0.4, -0.2) is 0 Å². The molecule has 122 valence electrons. The average Bonchev–Trinajstić information content (AvgIpc) is 2.43. The van der Waals surface area contributed by atoms with Gasteiger partial charge >= 0.3 is 0 Å². The number of hydrogen-bond acceptors (Lipinski definition) is 2. The highest BCUT2D eigenvalue weighted by Crippen LogP contribution is 2.02. The summed E-state index contributed by atoms with van der Waals surface area (Å²) in [6.07, 6.45) is 11.5. The Bertz CT molecular complexity index is 504. The third kappa shape index (κ3) is 7.75. The molecule has 0 aromatic carbocycles. The van der Waals surface area contributed by atoms with Crippen molar-refractivity contribution in [3.63, 3.8) is 0 Å². The molecule has 6 heteroatoms. The lowest BCUT2D eigenvalue weighted by molar-refractivity contribution is -0.701. The standard InChI is InChI=1S/C16H20N2O2.2BrH/c19-15-7-5-11-17(13-15)9-3-1-2-4-10-18-12-6-8-16(20)14-18;;/h5-8,11-14H,1-4,9-10H2;2*1H. The van der Waals surface area contributed by atoms with E-state index in [0.29, 0.717) is 0 Å². The van der Waals surface area contributed by atoms with Crippen LogP contribution in [0.25, 0.3) is 0 Å². The first kappa shape index (κ1) is 20.9. The number of pyridine rings is 2. The Morgan fingerprint density at radius 2 is 1.09 bits per heavy atom. The maximum atomic E-state index is 11.2. The van der Waals surface area contributed by atoms with Crippen molar-refractivity contribution in [2.75, 3.05) is 0 Å². The van der Waals surface area contributed by atoms with Crippen LogP contribution in [0.5, 0.6) is 11.5 Å². The van der Waals surface area contributed by atoms with E-state index in [1.807, 2.05) is 21.5 Å². The Hall–Kier alpha value is -1.14. The van der Waals surface area contributed by atoms with Gasteiger partial charge in [-0.25, -0.2) is 9.13 Å². The summed E-state index contributed by atoms with van der Waals surface area (Å²) in [7, 11) is 0. The first-order valence-corrected chi connectivity index (χ1v) is 7.06. The minimum atomic E-state index is 0. The van der Waals surface area contributed by atoms with E-state index in [-0.39, 0.29) is 45.5 Å². The molecule has 0 atom stereocenters. The van der Waals surface area contributed by atoms with Gasteiger partial charge in [0.25, 0.3) is 0 Å². The molecular formula is C16H22Br2N2O2. The van der Waals surface area contributed by atoms with E-state index in [9.17, 15) is 10.2 Å². The molecule has 2 aromatic rings. The molecule has 0 unspecified atom stereocenters. The van der Waals surface area contributed by atoms with Crippen molar-refractivity contribution in [2.45, 2.75) is 38.8 Å². The molecule has 22 heavy (non-hydrogen) atoms. The number of aromatic nitrogens is 2. The summed E-state index contributed by atoms with van der Waals surface area (Å²) in [5.41, 5.74) is 0. The highest BCUT2D eigenvalue weighted by molar-refractivity contribution is 8.93. The zero-order valence-electron chi connectivity index (χ0n) is 12.4. The predicted octanol–water partition coefficient (Wildman–Crippen LogP) is 1.83. The maximum Gasteiger partial charge on any atom is 0.168 e. The van der Waals surface area contributed by atoms with Crippen LogP contribution < -0.4 is 19.3 Å². The van der Waals surface area contributed by atoms with Gasteiger partial charge in [-0.2, -0.15) is 0 Å². The lowest BCUT2D eigenvalue weighted by Gasteiger charge is -2.04. The summed E-state index contributed by atoms with van der Waals surface area (Å²) in [5.74, 6) is 0.114. The summed E-state index contributed by atoms with van der Waals surface area (Å²) < 4.78 is 3.88. The molecule has 4 nitrogen and oxygen atoms in total. The van der Waals surface area contributed by atoms with Crippen molar-refractivity contribution in [2.24, 2.45) is 0 Å². The molecular weight excluding hydrogens is 412 g/mol. The first-order chi connectivity index (χ1) is 9.74. The number of aryl methyl sites for hydroxylation is 2. The molecule has 0 N–H and O–H groups in total. The molecule has 0 amide bonds. The number of nitrogens with zero attached hydrogens (tertiary/aromatic N) is 2. The van der Waals surface area contributed by atoms with Crippen molar-refractivity contribution < 1.29 is 19.3 Å². The second-order valence-electron chi connectivity index (χ2n) is 4.97. The van der Waals surface area contributed by atoms with E-state index in [1.165, 1.54) is 0 Å². The molecule has 0 aliphatic carbocycles. The van der Waals surface area contributed by atoms with Gasteiger partial charge in [-0.15, -0.1) is 34.0 Å². The second-order valence-corrected chi connectivity index (χ2v) is 4.97. The Morgan fingerprint density at radius 1 is 0.682 bits per heavy atom. The molecule has 2 aromatic heterocycles. The van der Waals surface area contributed by atoms with Gasteiger partial charge in [0.15, 0.2) is 24.8 Å². The van der Waals surface area contributed by atoms with Crippen LogP contribution in [0.15, 0.2) is 49.1 Å². The minimum absolute atomic E-state index is 0. The van der Waals surface area contributed by atoms with E-state index in [4.69, 9.17) is 0 Å². The third-order valence-corrected chi connectivity index (χ3v) is 3.24. The van der Waals surface area contributed by atoms with Crippen molar-refractivity contribution in [1.29, 1.82) is 0 Å². The highest BCUT2D eigenvalue weighted by Gasteiger charge is 2.01. The van der Waals surface area contributed by atoms with Crippen LogP contribution in [0.2, 0.25) is 0 Å². The predicted molar refractivity (Wildman–Crippen MR) is 91.3 cm³/mol. The van der Waals surface area contributed by atoms with E-state index >= 15 is 0 Å². The third-order valence-electron chi connectivity index (χ3n) is 3.24. The molecule has 0 fully saturated rings. The average molecular weight is 434 g/mol. The van der Waals surface area contributed by atoms with Crippen molar-refractivity contribution in [1.82, 2.24) is 0 Å². The number of rotatable bonds is 7. The van der Waals surface area contributed by atoms with E-state index < -0.39 is 0 Å². The van der Waals surface area contributed by atoms with E-state index in [1.54, 1.807) is 36.7 Å². The molecule has 0 saturated carbocycles. The van der Waals surface area contributed by atoms with Crippen LogP contribution >= 0.6 is 34.0 Å². The van der Waals surface area contributed by atoms with Crippen molar-refractivity contribution in [3.8, 4) is 11.5 Å². The molecule has 0 radical (unpaired) electrons. The fraction of sp³-hybridized carbons (Fsp3) is 0.375. The highest BCUT2D eigenvalue weighted by atomic mass is 79.9. The smallest absolute Gasteiger partial charge is 0.168 e.